The van der Waals surface area contributed by atoms with E-state index in [1.807, 2.05) is 37.2 Å². The first kappa shape index (κ1) is 19.9. The molecule has 0 aromatic heterocycles. The summed E-state index contributed by atoms with van der Waals surface area (Å²) in [6.45, 7) is 5.60. The van der Waals surface area contributed by atoms with Crippen LogP contribution in [0, 0.1) is 0 Å². The maximum Gasteiger partial charge on any atom is 0.242 e. The van der Waals surface area contributed by atoms with Crippen LogP contribution in [0.1, 0.15) is 12.8 Å². The molecular weight excluding hydrogens is 344 g/mol. The number of para-hydroxylation sites is 2. The van der Waals surface area contributed by atoms with Gasteiger partial charge >= 0.3 is 0 Å². The molecule has 2 saturated heterocycles. The zero-order valence-corrected chi connectivity index (χ0v) is 16.5. The Morgan fingerprint density at radius 3 is 2.52 bits per heavy atom. The Labute approximate surface area is 162 Å². The number of carbonyl (C=O) groups excluding carboxylic acids is 1. The smallest absolute Gasteiger partial charge is 0.242 e. The third kappa shape index (κ3) is 4.91. The topological polar surface area (TPSA) is 71.3 Å². The van der Waals surface area contributed by atoms with Gasteiger partial charge in [0.2, 0.25) is 5.91 Å². The van der Waals surface area contributed by atoms with E-state index in [9.17, 15) is 4.79 Å². The van der Waals surface area contributed by atoms with Crippen molar-refractivity contribution in [3.63, 3.8) is 0 Å². The second-order valence-corrected chi connectivity index (χ2v) is 7.67. The summed E-state index contributed by atoms with van der Waals surface area (Å²) in [5.41, 5.74) is 6.71. The molecule has 3 rings (SSSR count). The SMILES string of the molecule is CN(C)CCOc1ccccc1N1CCN(C(=O)C2(N)CCOCC2)CC1. The monoisotopic (exact) mass is 376 g/mol. The normalized spacial score (nSPS) is 20.0. The van der Waals surface area contributed by atoms with E-state index >= 15 is 0 Å². The van der Waals surface area contributed by atoms with Crippen molar-refractivity contribution in [1.82, 2.24) is 9.80 Å². The number of hydrogen-bond donors (Lipinski definition) is 1. The molecule has 7 nitrogen and oxygen atoms in total. The minimum atomic E-state index is -0.756. The molecule has 2 N–H and O–H groups in total. The molecule has 0 atom stereocenters. The first-order chi connectivity index (χ1) is 13.0. The molecule has 2 aliphatic heterocycles. The van der Waals surface area contributed by atoms with Crippen LogP contribution in [0.2, 0.25) is 0 Å². The molecule has 1 amide bonds. The van der Waals surface area contributed by atoms with Crippen molar-refractivity contribution < 1.29 is 14.3 Å². The van der Waals surface area contributed by atoms with E-state index in [1.54, 1.807) is 0 Å². The van der Waals surface area contributed by atoms with Crippen LogP contribution < -0.4 is 15.4 Å². The highest BCUT2D eigenvalue weighted by molar-refractivity contribution is 5.86. The molecule has 27 heavy (non-hydrogen) atoms. The lowest BCUT2D eigenvalue weighted by Gasteiger charge is -2.41. The van der Waals surface area contributed by atoms with Gasteiger partial charge in [-0.25, -0.2) is 0 Å². The van der Waals surface area contributed by atoms with E-state index in [-0.39, 0.29) is 5.91 Å². The average Bonchev–Trinajstić information content (AvgIpc) is 2.68. The number of anilines is 1. The summed E-state index contributed by atoms with van der Waals surface area (Å²) < 4.78 is 11.4. The number of ether oxygens (including phenoxy) is 2. The van der Waals surface area contributed by atoms with Crippen molar-refractivity contribution in [2.45, 2.75) is 18.4 Å². The molecule has 1 aromatic rings. The zero-order chi connectivity index (χ0) is 19.3. The van der Waals surface area contributed by atoms with E-state index in [2.05, 4.69) is 15.9 Å². The van der Waals surface area contributed by atoms with Crippen LogP contribution in [0.5, 0.6) is 5.75 Å². The first-order valence-electron chi connectivity index (χ1n) is 9.77. The highest BCUT2D eigenvalue weighted by Crippen LogP contribution is 2.29. The summed E-state index contributed by atoms with van der Waals surface area (Å²) in [6, 6.07) is 8.13. The van der Waals surface area contributed by atoms with Crippen LogP contribution >= 0.6 is 0 Å². The van der Waals surface area contributed by atoms with Crippen molar-refractivity contribution in [2.75, 3.05) is 71.5 Å². The average molecular weight is 377 g/mol. The molecule has 0 aliphatic carbocycles. The van der Waals surface area contributed by atoms with Gasteiger partial charge in [0, 0.05) is 45.9 Å². The van der Waals surface area contributed by atoms with Crippen LogP contribution in [0.15, 0.2) is 24.3 Å². The highest BCUT2D eigenvalue weighted by Gasteiger charge is 2.39. The lowest BCUT2D eigenvalue weighted by Crippen LogP contribution is -2.61. The minimum absolute atomic E-state index is 0.0703. The Balaban J connectivity index is 1.58. The molecule has 2 heterocycles. The summed E-state index contributed by atoms with van der Waals surface area (Å²) in [7, 11) is 4.07. The predicted molar refractivity (Wildman–Crippen MR) is 106 cm³/mol. The third-order valence-corrected chi connectivity index (χ3v) is 5.38. The molecule has 0 saturated carbocycles. The van der Waals surface area contributed by atoms with Crippen molar-refractivity contribution in [1.29, 1.82) is 0 Å². The van der Waals surface area contributed by atoms with Gasteiger partial charge in [-0.15, -0.1) is 0 Å². The van der Waals surface area contributed by atoms with Crippen LogP contribution in [-0.4, -0.2) is 87.9 Å². The Hall–Kier alpha value is -1.83. The standard InChI is InChI=1S/C20H32N4O3/c1-22(2)13-16-27-18-6-4-3-5-17(18)23-9-11-24(12-10-23)19(25)20(21)7-14-26-15-8-20/h3-6H,7-16,21H2,1-2H3. The number of carbonyl (C=O) groups is 1. The lowest BCUT2D eigenvalue weighted by atomic mass is 9.89. The van der Waals surface area contributed by atoms with Gasteiger partial charge in [0.25, 0.3) is 0 Å². The van der Waals surface area contributed by atoms with E-state index in [4.69, 9.17) is 15.2 Å². The molecule has 7 heteroatoms. The van der Waals surface area contributed by atoms with E-state index in [0.29, 0.717) is 45.8 Å². The fraction of sp³-hybridized carbons (Fsp3) is 0.650. The van der Waals surface area contributed by atoms with Crippen LogP contribution in [-0.2, 0) is 9.53 Å². The van der Waals surface area contributed by atoms with Crippen molar-refractivity contribution in [3.8, 4) is 5.75 Å². The number of piperazine rings is 1. The fourth-order valence-electron chi connectivity index (χ4n) is 3.59. The van der Waals surface area contributed by atoms with Gasteiger partial charge in [0.1, 0.15) is 12.4 Å². The summed E-state index contributed by atoms with van der Waals surface area (Å²) >= 11 is 0. The lowest BCUT2D eigenvalue weighted by molar-refractivity contribution is -0.140. The van der Waals surface area contributed by atoms with Gasteiger partial charge in [-0.3, -0.25) is 4.79 Å². The second-order valence-electron chi connectivity index (χ2n) is 7.67. The maximum atomic E-state index is 12.9. The second kappa shape index (κ2) is 8.91. The maximum absolute atomic E-state index is 12.9. The predicted octanol–water partition coefficient (Wildman–Crippen LogP) is 0.784. The van der Waals surface area contributed by atoms with Gasteiger partial charge in [0.05, 0.1) is 11.2 Å². The number of nitrogens with zero attached hydrogens (tertiary/aromatic N) is 3. The fourth-order valence-corrected chi connectivity index (χ4v) is 3.59. The Morgan fingerprint density at radius 2 is 1.85 bits per heavy atom. The summed E-state index contributed by atoms with van der Waals surface area (Å²) in [5.74, 6) is 0.972. The van der Waals surface area contributed by atoms with Crippen LogP contribution in [0.25, 0.3) is 0 Å². The van der Waals surface area contributed by atoms with E-state index < -0.39 is 5.54 Å². The van der Waals surface area contributed by atoms with Gasteiger partial charge < -0.3 is 29.9 Å². The van der Waals surface area contributed by atoms with Crippen LogP contribution in [0.3, 0.4) is 0 Å². The summed E-state index contributed by atoms with van der Waals surface area (Å²) in [5, 5.41) is 0. The number of hydrogen-bond acceptors (Lipinski definition) is 6. The highest BCUT2D eigenvalue weighted by atomic mass is 16.5. The molecule has 2 aliphatic rings. The minimum Gasteiger partial charge on any atom is -0.490 e. The van der Waals surface area contributed by atoms with Gasteiger partial charge in [-0.2, -0.15) is 0 Å². The van der Waals surface area contributed by atoms with E-state index in [0.717, 1.165) is 31.1 Å². The van der Waals surface area contributed by atoms with Crippen molar-refractivity contribution in [2.24, 2.45) is 5.73 Å². The molecular formula is C20H32N4O3. The summed E-state index contributed by atoms with van der Waals surface area (Å²) in [4.78, 5) is 19.2. The van der Waals surface area contributed by atoms with Crippen molar-refractivity contribution >= 4 is 11.6 Å². The summed E-state index contributed by atoms with van der Waals surface area (Å²) in [6.07, 6.45) is 1.21. The first-order valence-corrected chi connectivity index (χ1v) is 9.77. The van der Waals surface area contributed by atoms with Gasteiger partial charge in [0.15, 0.2) is 0 Å². The number of likely N-dealkylation sites (N-methyl/N-ethyl adjacent to an activating group) is 1. The number of benzene rings is 1. The zero-order valence-electron chi connectivity index (χ0n) is 16.5. The largest absolute Gasteiger partial charge is 0.490 e. The Morgan fingerprint density at radius 1 is 1.19 bits per heavy atom. The van der Waals surface area contributed by atoms with Crippen LogP contribution in [0.4, 0.5) is 5.69 Å². The number of amides is 1. The van der Waals surface area contributed by atoms with Gasteiger partial charge in [-0.1, -0.05) is 12.1 Å². The molecule has 0 spiro atoms. The van der Waals surface area contributed by atoms with Crippen molar-refractivity contribution in [3.05, 3.63) is 24.3 Å². The molecule has 0 bridgehead atoms. The number of rotatable bonds is 6. The van der Waals surface area contributed by atoms with E-state index in [1.165, 1.54) is 0 Å². The molecule has 2 fully saturated rings. The number of nitrogens with two attached hydrogens (primary N) is 1. The quantitative estimate of drug-likeness (QED) is 0.791. The molecule has 0 radical (unpaired) electrons. The molecule has 150 valence electrons. The molecule has 0 unspecified atom stereocenters. The Kier molecular flexibility index (Phi) is 6.57. The Bertz CT molecular complexity index is 623. The third-order valence-electron chi connectivity index (χ3n) is 5.38. The molecule has 1 aromatic carbocycles. The van der Waals surface area contributed by atoms with Gasteiger partial charge in [-0.05, 0) is 39.1 Å².